The van der Waals surface area contributed by atoms with Crippen LogP contribution < -0.4 is 20.7 Å². The summed E-state index contributed by atoms with van der Waals surface area (Å²) in [5.41, 5.74) is 0.457. The van der Waals surface area contributed by atoms with Gasteiger partial charge in [0, 0.05) is 25.7 Å². The fraction of sp³-hybridized carbons (Fsp3) is 0.440. The van der Waals surface area contributed by atoms with Gasteiger partial charge in [-0.25, -0.2) is 4.79 Å². The zero-order chi connectivity index (χ0) is 23.7. The molecule has 1 fully saturated rings. The van der Waals surface area contributed by atoms with Gasteiger partial charge in [0.2, 0.25) is 5.91 Å². The normalized spacial score (nSPS) is 18.7. The van der Waals surface area contributed by atoms with E-state index < -0.39 is 11.7 Å². The molecule has 0 bridgehead atoms. The number of amides is 2. The van der Waals surface area contributed by atoms with Gasteiger partial charge in [-0.1, -0.05) is 30.3 Å². The highest BCUT2D eigenvalue weighted by Crippen LogP contribution is 2.33. The number of ether oxygens (including phenoxy) is 2. The Morgan fingerprint density at radius 2 is 1.76 bits per heavy atom. The maximum Gasteiger partial charge on any atom is 0.407 e. The van der Waals surface area contributed by atoms with E-state index in [1.807, 2.05) is 75.4 Å². The molecule has 3 N–H and O–H groups in total. The molecule has 1 saturated heterocycles. The van der Waals surface area contributed by atoms with Crippen molar-refractivity contribution in [2.75, 3.05) is 25.4 Å². The van der Waals surface area contributed by atoms with Crippen molar-refractivity contribution in [3.8, 4) is 11.5 Å². The Balaban J connectivity index is 1.42. The zero-order valence-corrected chi connectivity index (χ0v) is 20.2. The third-order valence-electron chi connectivity index (χ3n) is 4.86. The number of carbonyl (C=O) groups excluding carboxylic acids is 2. The third kappa shape index (κ3) is 8.63. The van der Waals surface area contributed by atoms with Gasteiger partial charge >= 0.3 is 6.09 Å². The standard InChI is InChI=1S/C25H33N3O4S/c1-25(2,3)32-24(30)27-15-14-26-17-19-13-16-33-22(23(29)28-19)18-9-11-21(12-10-18)31-20-7-5-4-6-8-20/h4-12,19,22,26H,13-17H2,1-3H3,(H,27,30)(H,28,29)/t19-,22+/m0/s1. The van der Waals surface area contributed by atoms with Crippen molar-refractivity contribution < 1.29 is 19.1 Å². The molecule has 0 aliphatic carbocycles. The molecule has 33 heavy (non-hydrogen) atoms. The van der Waals surface area contributed by atoms with E-state index in [1.165, 1.54) is 0 Å². The minimum atomic E-state index is -0.508. The summed E-state index contributed by atoms with van der Waals surface area (Å²) in [5, 5.41) is 8.92. The van der Waals surface area contributed by atoms with E-state index in [1.54, 1.807) is 11.8 Å². The minimum Gasteiger partial charge on any atom is -0.457 e. The van der Waals surface area contributed by atoms with Crippen LogP contribution in [-0.2, 0) is 9.53 Å². The number of hydrogen-bond donors (Lipinski definition) is 3. The minimum absolute atomic E-state index is 0.0212. The quantitative estimate of drug-likeness (QED) is 0.499. The first-order valence-electron chi connectivity index (χ1n) is 11.2. The Labute approximate surface area is 200 Å². The molecule has 8 heteroatoms. The van der Waals surface area contributed by atoms with Crippen molar-refractivity contribution in [1.82, 2.24) is 16.0 Å². The average Bonchev–Trinajstić information content (AvgIpc) is 2.94. The Morgan fingerprint density at radius 3 is 2.45 bits per heavy atom. The van der Waals surface area contributed by atoms with E-state index in [0.29, 0.717) is 19.6 Å². The number of hydrogen-bond acceptors (Lipinski definition) is 6. The van der Waals surface area contributed by atoms with E-state index in [-0.39, 0.29) is 17.2 Å². The van der Waals surface area contributed by atoms with Gasteiger partial charge in [-0.05, 0) is 62.8 Å². The second kappa shape index (κ2) is 12.0. The van der Waals surface area contributed by atoms with Crippen molar-refractivity contribution in [1.29, 1.82) is 0 Å². The second-order valence-electron chi connectivity index (χ2n) is 8.86. The summed E-state index contributed by atoms with van der Waals surface area (Å²) in [6.07, 6.45) is 0.459. The van der Waals surface area contributed by atoms with E-state index in [4.69, 9.17) is 9.47 Å². The summed E-state index contributed by atoms with van der Waals surface area (Å²) in [5.74, 6) is 2.43. The maximum absolute atomic E-state index is 12.8. The summed E-state index contributed by atoms with van der Waals surface area (Å²) in [6.45, 7) is 7.21. The number of para-hydroxylation sites is 1. The number of thioether (sulfide) groups is 1. The molecule has 1 heterocycles. The molecule has 0 spiro atoms. The Bertz CT molecular complexity index is 900. The largest absolute Gasteiger partial charge is 0.457 e. The molecule has 1 aliphatic rings. The van der Waals surface area contributed by atoms with Crippen LogP contribution in [0.25, 0.3) is 0 Å². The molecule has 178 valence electrons. The van der Waals surface area contributed by atoms with Gasteiger partial charge in [0.1, 0.15) is 22.4 Å². The highest BCUT2D eigenvalue weighted by molar-refractivity contribution is 8.00. The van der Waals surface area contributed by atoms with Crippen LogP contribution in [0.15, 0.2) is 54.6 Å². The molecule has 0 aromatic heterocycles. The van der Waals surface area contributed by atoms with Gasteiger partial charge < -0.3 is 25.4 Å². The van der Waals surface area contributed by atoms with E-state index >= 15 is 0 Å². The summed E-state index contributed by atoms with van der Waals surface area (Å²) >= 11 is 1.66. The average molecular weight is 472 g/mol. The van der Waals surface area contributed by atoms with Crippen LogP contribution in [0.3, 0.4) is 0 Å². The lowest BCUT2D eigenvalue weighted by Gasteiger charge is -2.20. The van der Waals surface area contributed by atoms with Gasteiger partial charge in [-0.15, -0.1) is 11.8 Å². The van der Waals surface area contributed by atoms with Crippen LogP contribution in [0.2, 0.25) is 0 Å². The van der Waals surface area contributed by atoms with Gasteiger partial charge in [0.05, 0.1) is 0 Å². The predicted molar refractivity (Wildman–Crippen MR) is 132 cm³/mol. The number of benzene rings is 2. The maximum atomic E-state index is 12.8. The van der Waals surface area contributed by atoms with E-state index in [9.17, 15) is 9.59 Å². The second-order valence-corrected chi connectivity index (χ2v) is 10.1. The fourth-order valence-electron chi connectivity index (χ4n) is 3.33. The van der Waals surface area contributed by atoms with Gasteiger partial charge in [-0.2, -0.15) is 0 Å². The van der Waals surface area contributed by atoms with Crippen LogP contribution in [-0.4, -0.2) is 49.0 Å². The van der Waals surface area contributed by atoms with Crippen molar-refractivity contribution in [3.63, 3.8) is 0 Å². The van der Waals surface area contributed by atoms with Crippen LogP contribution in [0.4, 0.5) is 4.79 Å². The molecule has 3 rings (SSSR count). The first-order valence-corrected chi connectivity index (χ1v) is 12.3. The smallest absolute Gasteiger partial charge is 0.407 e. The SMILES string of the molecule is CC(C)(C)OC(=O)NCCNC[C@@H]1CCS[C@H](c2ccc(Oc3ccccc3)cc2)C(=O)N1. The molecule has 2 aromatic carbocycles. The van der Waals surface area contributed by atoms with Gasteiger partial charge in [-0.3, -0.25) is 4.79 Å². The molecule has 2 amide bonds. The summed E-state index contributed by atoms with van der Waals surface area (Å²) < 4.78 is 11.1. The number of rotatable bonds is 8. The van der Waals surface area contributed by atoms with Crippen LogP contribution in [0.1, 0.15) is 38.0 Å². The number of alkyl carbamates (subject to hydrolysis) is 1. The van der Waals surface area contributed by atoms with Crippen LogP contribution >= 0.6 is 11.8 Å². The van der Waals surface area contributed by atoms with Gasteiger partial charge in [0.25, 0.3) is 0 Å². The first-order chi connectivity index (χ1) is 15.8. The molecule has 0 saturated carbocycles. The number of nitrogens with one attached hydrogen (secondary N) is 3. The summed E-state index contributed by atoms with van der Waals surface area (Å²) in [6, 6.07) is 17.4. The molecule has 0 unspecified atom stereocenters. The van der Waals surface area contributed by atoms with E-state index in [0.717, 1.165) is 29.2 Å². The predicted octanol–water partition coefficient (Wildman–Crippen LogP) is 4.26. The Hall–Kier alpha value is -2.71. The summed E-state index contributed by atoms with van der Waals surface area (Å²) in [7, 11) is 0. The Morgan fingerprint density at radius 1 is 1.06 bits per heavy atom. The lowest BCUT2D eigenvalue weighted by molar-refractivity contribution is -0.121. The fourth-order valence-corrected chi connectivity index (χ4v) is 4.56. The van der Waals surface area contributed by atoms with Crippen molar-refractivity contribution in [2.45, 2.75) is 44.1 Å². The molecule has 2 aromatic rings. The molecular weight excluding hydrogens is 438 g/mol. The highest BCUT2D eigenvalue weighted by atomic mass is 32.2. The number of carbonyl (C=O) groups is 2. The van der Waals surface area contributed by atoms with Crippen LogP contribution in [0, 0.1) is 0 Å². The van der Waals surface area contributed by atoms with Crippen LogP contribution in [0.5, 0.6) is 11.5 Å². The Kier molecular flexibility index (Phi) is 9.03. The zero-order valence-electron chi connectivity index (χ0n) is 19.4. The van der Waals surface area contributed by atoms with Crippen molar-refractivity contribution in [3.05, 3.63) is 60.2 Å². The lowest BCUT2D eigenvalue weighted by atomic mass is 10.1. The molecular formula is C25H33N3O4S. The molecule has 1 aliphatic heterocycles. The molecule has 7 nitrogen and oxygen atoms in total. The topological polar surface area (TPSA) is 88.7 Å². The molecule has 0 radical (unpaired) electrons. The molecule has 2 atom stereocenters. The third-order valence-corrected chi connectivity index (χ3v) is 6.15. The first kappa shape index (κ1) is 24.9. The monoisotopic (exact) mass is 471 g/mol. The highest BCUT2D eigenvalue weighted by Gasteiger charge is 2.27. The van der Waals surface area contributed by atoms with Gasteiger partial charge in [0.15, 0.2) is 0 Å². The van der Waals surface area contributed by atoms with E-state index in [2.05, 4.69) is 16.0 Å². The lowest BCUT2D eigenvalue weighted by Crippen LogP contribution is -2.44. The van der Waals surface area contributed by atoms with Crippen molar-refractivity contribution in [2.24, 2.45) is 0 Å². The van der Waals surface area contributed by atoms with Crippen molar-refractivity contribution >= 4 is 23.8 Å². The summed E-state index contributed by atoms with van der Waals surface area (Å²) in [4.78, 5) is 24.5.